The first-order valence-electron chi connectivity index (χ1n) is 6.93. The van der Waals surface area contributed by atoms with Gasteiger partial charge in [-0.15, -0.1) is 0 Å². The second-order valence-corrected chi connectivity index (χ2v) is 7.34. The van der Waals surface area contributed by atoms with Crippen molar-refractivity contribution in [2.45, 2.75) is 25.8 Å². The summed E-state index contributed by atoms with van der Waals surface area (Å²) in [5, 5.41) is 0. The maximum atomic E-state index is 11.5. The second kappa shape index (κ2) is 6.93. The number of rotatable bonds is 7. The van der Waals surface area contributed by atoms with Crippen LogP contribution in [0.15, 0.2) is 30.6 Å². The number of nitrogens with two attached hydrogens (primary N) is 1. The first-order chi connectivity index (χ1) is 10.1. The fraction of sp³-hybridized carbons (Fsp3) is 0.429. The van der Waals surface area contributed by atoms with E-state index in [9.17, 15) is 8.42 Å². The van der Waals surface area contributed by atoms with Crippen molar-refractivity contribution in [3.8, 4) is 0 Å². The van der Waals surface area contributed by atoms with Crippen molar-refractivity contribution in [2.24, 2.45) is 5.84 Å². The van der Waals surface area contributed by atoms with Crippen LogP contribution in [0.1, 0.15) is 31.4 Å². The predicted octanol–water partition coefficient (Wildman–Crippen LogP) is 1.35. The average Bonchev–Trinajstić information content (AvgIpc) is 2.51. The van der Waals surface area contributed by atoms with Gasteiger partial charge in [0.1, 0.15) is 9.84 Å². The summed E-state index contributed by atoms with van der Waals surface area (Å²) in [6.45, 7) is 1.66. The first-order valence-corrected chi connectivity index (χ1v) is 8.75. The summed E-state index contributed by atoms with van der Waals surface area (Å²) in [4.78, 5) is 8.61. The van der Waals surface area contributed by atoms with Gasteiger partial charge in [0.05, 0.1) is 16.8 Å². The van der Waals surface area contributed by atoms with Crippen molar-refractivity contribution >= 4 is 20.9 Å². The molecule has 2 rings (SSSR count). The van der Waals surface area contributed by atoms with E-state index in [4.69, 9.17) is 5.84 Å². The molecule has 3 N–H and O–H groups in total. The summed E-state index contributed by atoms with van der Waals surface area (Å²) < 4.78 is 23.1. The Hall–Kier alpha value is -1.57. The van der Waals surface area contributed by atoms with Crippen LogP contribution in [0.25, 0.3) is 11.0 Å². The van der Waals surface area contributed by atoms with Gasteiger partial charge in [-0.3, -0.25) is 21.2 Å². The molecule has 0 aliphatic carbocycles. The monoisotopic (exact) mass is 308 g/mol. The van der Waals surface area contributed by atoms with E-state index < -0.39 is 9.84 Å². The van der Waals surface area contributed by atoms with Gasteiger partial charge in [-0.1, -0.05) is 19.1 Å². The number of fused-ring (bicyclic) bond motifs is 1. The van der Waals surface area contributed by atoms with Crippen molar-refractivity contribution < 1.29 is 8.42 Å². The van der Waals surface area contributed by atoms with Crippen LogP contribution in [0.4, 0.5) is 0 Å². The van der Waals surface area contributed by atoms with E-state index in [1.165, 1.54) is 0 Å². The van der Waals surface area contributed by atoms with Crippen molar-refractivity contribution in [1.29, 1.82) is 0 Å². The molecule has 0 radical (unpaired) electrons. The Bertz CT molecular complexity index is 698. The minimum Gasteiger partial charge on any atom is -0.271 e. The number of hydrogen-bond acceptors (Lipinski definition) is 6. The van der Waals surface area contributed by atoms with Gasteiger partial charge in [-0.25, -0.2) is 8.42 Å². The van der Waals surface area contributed by atoms with E-state index in [1.54, 1.807) is 19.3 Å². The highest BCUT2D eigenvalue weighted by Crippen LogP contribution is 2.24. The molecule has 0 saturated carbocycles. The van der Waals surface area contributed by atoms with Crippen molar-refractivity contribution in [2.75, 3.05) is 11.5 Å². The molecule has 2 aromatic rings. The van der Waals surface area contributed by atoms with Gasteiger partial charge >= 0.3 is 0 Å². The summed E-state index contributed by atoms with van der Waals surface area (Å²) in [6.07, 6.45) is 4.47. The van der Waals surface area contributed by atoms with Gasteiger partial charge < -0.3 is 0 Å². The van der Waals surface area contributed by atoms with Crippen LogP contribution < -0.4 is 11.3 Å². The van der Waals surface area contributed by atoms with E-state index in [-0.39, 0.29) is 17.5 Å². The summed E-state index contributed by atoms with van der Waals surface area (Å²) in [7, 11) is -2.94. The van der Waals surface area contributed by atoms with E-state index in [0.29, 0.717) is 12.8 Å². The quantitative estimate of drug-likeness (QED) is 0.592. The lowest BCUT2D eigenvalue weighted by Crippen LogP contribution is -2.28. The van der Waals surface area contributed by atoms with E-state index in [2.05, 4.69) is 15.4 Å². The Morgan fingerprint density at radius 2 is 2.05 bits per heavy atom. The van der Waals surface area contributed by atoms with Crippen LogP contribution in [0.2, 0.25) is 0 Å². The maximum absolute atomic E-state index is 11.5. The van der Waals surface area contributed by atoms with Gasteiger partial charge in [0.2, 0.25) is 0 Å². The minimum atomic E-state index is -2.94. The molecule has 1 atom stereocenters. The summed E-state index contributed by atoms with van der Waals surface area (Å²) in [5.41, 5.74) is 5.29. The van der Waals surface area contributed by atoms with Crippen molar-refractivity contribution in [3.05, 3.63) is 36.2 Å². The fourth-order valence-corrected chi connectivity index (χ4v) is 3.17. The minimum absolute atomic E-state index is 0.141. The lowest BCUT2D eigenvalue weighted by Gasteiger charge is -2.17. The molecular weight excluding hydrogens is 288 g/mol. The largest absolute Gasteiger partial charge is 0.271 e. The first kappa shape index (κ1) is 15.8. The Morgan fingerprint density at radius 1 is 1.29 bits per heavy atom. The van der Waals surface area contributed by atoms with Crippen LogP contribution >= 0.6 is 0 Å². The number of para-hydroxylation sites is 1. The maximum Gasteiger partial charge on any atom is 0.150 e. The molecule has 1 aromatic carbocycles. The van der Waals surface area contributed by atoms with Crippen molar-refractivity contribution in [3.63, 3.8) is 0 Å². The second-order valence-electron chi connectivity index (χ2n) is 4.87. The summed E-state index contributed by atoms with van der Waals surface area (Å²) in [5.74, 6) is 5.98. The molecule has 0 saturated heterocycles. The van der Waals surface area contributed by atoms with Gasteiger partial charge in [0.25, 0.3) is 0 Å². The highest BCUT2D eigenvalue weighted by Gasteiger charge is 2.15. The van der Waals surface area contributed by atoms with Crippen LogP contribution in [0.3, 0.4) is 0 Å². The number of hydrogen-bond donors (Lipinski definition) is 2. The fourth-order valence-electron chi connectivity index (χ4n) is 2.28. The topological polar surface area (TPSA) is 98.0 Å². The van der Waals surface area contributed by atoms with Crippen molar-refractivity contribution in [1.82, 2.24) is 15.4 Å². The van der Waals surface area contributed by atoms with E-state index in [1.807, 2.05) is 18.2 Å². The third kappa shape index (κ3) is 3.96. The lowest BCUT2D eigenvalue weighted by molar-refractivity contribution is 0.509. The molecule has 0 fully saturated rings. The van der Waals surface area contributed by atoms with E-state index >= 15 is 0 Å². The normalized spacial score (nSPS) is 13.4. The standard InChI is InChI=1S/C14H20N4O2S/c1-2-21(19,20)10-4-7-12(18-15)11-5-3-6-13-14(11)17-9-8-16-13/h3,5-6,8-9,12,18H,2,4,7,10,15H2,1H3. The van der Waals surface area contributed by atoms with Crippen LogP contribution in [0, 0.1) is 0 Å². The Kier molecular flexibility index (Phi) is 5.22. The average molecular weight is 308 g/mol. The van der Waals surface area contributed by atoms with E-state index in [0.717, 1.165) is 16.6 Å². The van der Waals surface area contributed by atoms with Gasteiger partial charge in [0, 0.05) is 24.2 Å². The van der Waals surface area contributed by atoms with Crippen LogP contribution in [0.5, 0.6) is 0 Å². The summed E-state index contributed by atoms with van der Waals surface area (Å²) >= 11 is 0. The van der Waals surface area contributed by atoms with Gasteiger partial charge in [-0.05, 0) is 24.5 Å². The zero-order valence-electron chi connectivity index (χ0n) is 12.0. The molecule has 21 heavy (non-hydrogen) atoms. The SMILES string of the molecule is CCS(=O)(=O)CCCC(NN)c1cccc2nccnc12. The van der Waals surface area contributed by atoms with Gasteiger partial charge in [0.15, 0.2) is 0 Å². The third-order valence-corrected chi connectivity index (χ3v) is 5.28. The zero-order valence-corrected chi connectivity index (χ0v) is 12.8. The molecule has 114 valence electrons. The Morgan fingerprint density at radius 3 is 2.76 bits per heavy atom. The molecule has 0 aliphatic heterocycles. The third-order valence-electron chi connectivity index (χ3n) is 3.49. The van der Waals surface area contributed by atoms with Gasteiger partial charge in [-0.2, -0.15) is 0 Å². The number of sulfone groups is 1. The molecular formula is C14H20N4O2S. The lowest BCUT2D eigenvalue weighted by atomic mass is 10.0. The Labute approximate surface area is 124 Å². The molecule has 1 heterocycles. The number of nitrogens with zero attached hydrogens (tertiary/aromatic N) is 2. The molecule has 0 amide bonds. The Balaban J connectivity index is 2.16. The molecule has 6 nitrogen and oxygen atoms in total. The molecule has 1 unspecified atom stereocenters. The molecule has 1 aromatic heterocycles. The number of hydrazine groups is 1. The highest BCUT2D eigenvalue weighted by molar-refractivity contribution is 7.91. The molecule has 7 heteroatoms. The number of nitrogens with one attached hydrogen (secondary N) is 1. The predicted molar refractivity (Wildman–Crippen MR) is 83.2 cm³/mol. The molecule has 0 bridgehead atoms. The van der Waals surface area contributed by atoms with Crippen LogP contribution in [-0.2, 0) is 9.84 Å². The number of benzene rings is 1. The van der Waals surface area contributed by atoms with Crippen LogP contribution in [-0.4, -0.2) is 29.9 Å². The molecule has 0 spiro atoms. The highest BCUT2D eigenvalue weighted by atomic mass is 32.2. The summed E-state index contributed by atoms with van der Waals surface area (Å²) in [6, 6.07) is 5.59. The number of aromatic nitrogens is 2. The smallest absolute Gasteiger partial charge is 0.150 e. The molecule has 0 aliphatic rings. The zero-order chi connectivity index (χ0) is 15.3.